The molecule has 1 aliphatic carbocycles. The van der Waals surface area contributed by atoms with E-state index in [1.54, 1.807) is 6.92 Å². The number of rotatable bonds is 5. The molecule has 0 bridgehead atoms. The van der Waals surface area contributed by atoms with Crippen molar-refractivity contribution in [3.05, 3.63) is 24.3 Å². The van der Waals surface area contributed by atoms with Crippen molar-refractivity contribution in [3.8, 4) is 11.5 Å². The molecule has 1 aromatic carbocycles. The predicted molar refractivity (Wildman–Crippen MR) is 76.5 cm³/mol. The molecule has 0 aliphatic heterocycles. The van der Waals surface area contributed by atoms with Gasteiger partial charge in [-0.05, 0) is 25.5 Å². The third kappa shape index (κ3) is 4.87. The van der Waals surface area contributed by atoms with Gasteiger partial charge in [-0.15, -0.1) is 13.2 Å². The lowest BCUT2D eigenvalue weighted by Gasteiger charge is -2.27. The Labute approximate surface area is 136 Å². The maximum absolute atomic E-state index is 12.4. The van der Waals surface area contributed by atoms with Crippen LogP contribution in [0.25, 0.3) is 0 Å². The summed E-state index contributed by atoms with van der Waals surface area (Å²) in [6.45, 7) is 1.89. The topological polar surface area (TPSA) is 61.8 Å². The van der Waals surface area contributed by atoms with Gasteiger partial charge >= 0.3 is 12.3 Å². The number of Topliss-reactive ketones (excluding diaryl/α,β-unsaturated/α-hetero) is 1. The molecule has 0 heterocycles. The average molecular weight is 346 g/mol. The number of hydrogen-bond acceptors (Lipinski definition) is 5. The van der Waals surface area contributed by atoms with Crippen molar-refractivity contribution in [1.29, 1.82) is 0 Å². The van der Waals surface area contributed by atoms with E-state index >= 15 is 0 Å². The minimum atomic E-state index is -4.87. The first-order valence-corrected chi connectivity index (χ1v) is 7.51. The van der Waals surface area contributed by atoms with E-state index in [-0.39, 0.29) is 31.0 Å². The molecule has 1 fully saturated rings. The van der Waals surface area contributed by atoms with Gasteiger partial charge in [0.2, 0.25) is 0 Å². The maximum atomic E-state index is 12.4. The molecule has 1 aliphatic rings. The highest BCUT2D eigenvalue weighted by Crippen LogP contribution is 2.34. The summed E-state index contributed by atoms with van der Waals surface area (Å²) < 4.78 is 51.5. The minimum absolute atomic E-state index is 0.0675. The zero-order chi connectivity index (χ0) is 17.7. The molecule has 24 heavy (non-hydrogen) atoms. The van der Waals surface area contributed by atoms with Gasteiger partial charge in [-0.3, -0.25) is 9.59 Å². The van der Waals surface area contributed by atoms with Crippen LogP contribution in [0, 0.1) is 5.92 Å². The van der Waals surface area contributed by atoms with Crippen molar-refractivity contribution in [2.24, 2.45) is 5.92 Å². The molecule has 8 heteroatoms. The van der Waals surface area contributed by atoms with Gasteiger partial charge in [0.05, 0.1) is 12.5 Å². The number of hydrogen-bond donors (Lipinski definition) is 0. The summed E-state index contributed by atoms with van der Waals surface area (Å²) in [5, 5.41) is 0. The van der Waals surface area contributed by atoms with Crippen LogP contribution in [0.15, 0.2) is 24.3 Å². The Morgan fingerprint density at radius 3 is 2.54 bits per heavy atom. The van der Waals surface area contributed by atoms with Crippen LogP contribution in [-0.4, -0.2) is 30.8 Å². The van der Waals surface area contributed by atoms with Crippen LogP contribution in [0.5, 0.6) is 11.5 Å². The molecular formula is C16H17F3O5. The molecule has 2 atom stereocenters. The van der Waals surface area contributed by atoms with E-state index < -0.39 is 30.1 Å². The first-order valence-electron chi connectivity index (χ1n) is 7.51. The van der Waals surface area contributed by atoms with Crippen molar-refractivity contribution in [2.75, 3.05) is 6.61 Å². The summed E-state index contributed by atoms with van der Waals surface area (Å²) in [7, 11) is 0. The second-order valence-corrected chi connectivity index (χ2v) is 5.29. The molecule has 1 saturated carbocycles. The fourth-order valence-electron chi connectivity index (χ4n) is 2.48. The number of halogens is 3. The number of esters is 1. The number of ether oxygens (including phenoxy) is 3. The summed E-state index contributed by atoms with van der Waals surface area (Å²) in [5.74, 6) is -1.94. The first-order chi connectivity index (χ1) is 11.3. The zero-order valence-corrected chi connectivity index (χ0v) is 13.0. The number of benzene rings is 1. The van der Waals surface area contributed by atoms with Gasteiger partial charge in [0.15, 0.2) is 23.4 Å². The van der Waals surface area contributed by atoms with Gasteiger partial charge in [-0.2, -0.15) is 0 Å². The van der Waals surface area contributed by atoms with Crippen molar-refractivity contribution in [3.63, 3.8) is 0 Å². The van der Waals surface area contributed by atoms with Crippen LogP contribution in [-0.2, 0) is 14.3 Å². The molecular weight excluding hydrogens is 329 g/mol. The van der Waals surface area contributed by atoms with Gasteiger partial charge in [0.1, 0.15) is 0 Å². The van der Waals surface area contributed by atoms with Crippen LogP contribution in [0.4, 0.5) is 13.2 Å². The summed E-state index contributed by atoms with van der Waals surface area (Å²) in [4.78, 5) is 23.8. The van der Waals surface area contributed by atoms with Gasteiger partial charge in [0.25, 0.3) is 0 Å². The standard InChI is InChI=1S/C16H17F3O5/c1-2-22-15(21)10-7-8-11(20)14(9-10)23-12-5-3-4-6-13(12)24-16(17,18)19/h3-6,10,14H,2,7-9H2,1H3. The fourth-order valence-corrected chi connectivity index (χ4v) is 2.48. The van der Waals surface area contributed by atoms with Crippen molar-refractivity contribution >= 4 is 11.8 Å². The summed E-state index contributed by atoms with van der Waals surface area (Å²) in [6, 6.07) is 5.20. The van der Waals surface area contributed by atoms with E-state index in [0.717, 1.165) is 6.07 Å². The van der Waals surface area contributed by atoms with E-state index in [1.165, 1.54) is 18.2 Å². The Kier molecular flexibility index (Phi) is 5.69. The Bertz CT molecular complexity index is 600. The van der Waals surface area contributed by atoms with Gasteiger partial charge < -0.3 is 14.2 Å². The Balaban J connectivity index is 2.11. The van der Waals surface area contributed by atoms with Crippen molar-refractivity contribution in [2.45, 2.75) is 38.7 Å². The second kappa shape index (κ2) is 7.55. The smallest absolute Gasteiger partial charge is 0.479 e. The molecule has 0 N–H and O–H groups in total. The van der Waals surface area contributed by atoms with E-state index in [0.29, 0.717) is 6.42 Å². The molecule has 2 unspecified atom stereocenters. The van der Waals surface area contributed by atoms with Crippen LogP contribution in [0.3, 0.4) is 0 Å². The zero-order valence-electron chi connectivity index (χ0n) is 13.0. The second-order valence-electron chi connectivity index (χ2n) is 5.29. The molecule has 0 spiro atoms. The van der Waals surface area contributed by atoms with Crippen LogP contribution in [0.1, 0.15) is 26.2 Å². The summed E-state index contributed by atoms with van der Waals surface area (Å²) in [5.41, 5.74) is 0. The molecule has 5 nitrogen and oxygen atoms in total. The number of para-hydroxylation sites is 2. The van der Waals surface area contributed by atoms with Crippen LogP contribution >= 0.6 is 0 Å². The maximum Gasteiger partial charge on any atom is 0.573 e. The van der Waals surface area contributed by atoms with E-state index in [1.807, 2.05) is 0 Å². The highest BCUT2D eigenvalue weighted by Gasteiger charge is 2.36. The number of carbonyl (C=O) groups excluding carboxylic acids is 2. The molecule has 1 aromatic rings. The number of carbonyl (C=O) groups is 2. The van der Waals surface area contributed by atoms with Gasteiger partial charge in [-0.25, -0.2) is 0 Å². The Hall–Kier alpha value is -2.25. The molecule has 0 aromatic heterocycles. The molecule has 2 rings (SSSR count). The third-order valence-corrected chi connectivity index (χ3v) is 3.56. The van der Waals surface area contributed by atoms with Gasteiger partial charge in [-0.1, -0.05) is 12.1 Å². The number of ketones is 1. The normalized spacial score (nSPS) is 21.2. The molecule has 0 amide bonds. The minimum Gasteiger partial charge on any atom is -0.479 e. The monoisotopic (exact) mass is 346 g/mol. The SMILES string of the molecule is CCOC(=O)C1CCC(=O)C(Oc2ccccc2OC(F)(F)F)C1. The van der Waals surface area contributed by atoms with E-state index in [2.05, 4.69) is 4.74 Å². The molecule has 132 valence electrons. The Morgan fingerprint density at radius 1 is 1.25 bits per heavy atom. The quantitative estimate of drug-likeness (QED) is 0.766. The Morgan fingerprint density at radius 2 is 1.92 bits per heavy atom. The van der Waals surface area contributed by atoms with Crippen molar-refractivity contribution in [1.82, 2.24) is 0 Å². The fraction of sp³-hybridized carbons (Fsp3) is 0.500. The highest BCUT2D eigenvalue weighted by molar-refractivity contribution is 5.86. The van der Waals surface area contributed by atoms with Crippen molar-refractivity contribution < 1.29 is 37.0 Å². The van der Waals surface area contributed by atoms with Gasteiger partial charge in [0, 0.05) is 12.8 Å². The van der Waals surface area contributed by atoms with E-state index in [9.17, 15) is 22.8 Å². The number of alkyl halides is 3. The lowest BCUT2D eigenvalue weighted by Crippen LogP contribution is -2.37. The average Bonchev–Trinajstić information content (AvgIpc) is 2.50. The van der Waals surface area contributed by atoms with E-state index in [4.69, 9.17) is 9.47 Å². The lowest BCUT2D eigenvalue weighted by molar-refractivity contribution is -0.275. The summed E-state index contributed by atoms with van der Waals surface area (Å²) in [6.07, 6.45) is -5.36. The first kappa shape index (κ1) is 18.1. The lowest BCUT2D eigenvalue weighted by atomic mass is 9.86. The van der Waals surface area contributed by atoms with Crippen LogP contribution in [0.2, 0.25) is 0 Å². The van der Waals surface area contributed by atoms with Crippen LogP contribution < -0.4 is 9.47 Å². The molecule has 0 saturated heterocycles. The highest BCUT2D eigenvalue weighted by atomic mass is 19.4. The molecule has 0 radical (unpaired) electrons. The largest absolute Gasteiger partial charge is 0.573 e. The third-order valence-electron chi connectivity index (χ3n) is 3.56. The predicted octanol–water partition coefficient (Wildman–Crippen LogP) is 3.26. The summed E-state index contributed by atoms with van der Waals surface area (Å²) >= 11 is 0.